The van der Waals surface area contributed by atoms with Gasteiger partial charge >= 0.3 is 5.97 Å². The quantitative estimate of drug-likeness (QED) is 0.464. The number of carbonyl (C=O) groups is 2. The SMILES string of the molecule is CCOC(=O)CN(C)CC(=O)Nc1cc(Cl)ccc1[N+](=O)[O-]. The van der Waals surface area contributed by atoms with Crippen molar-refractivity contribution in [3.63, 3.8) is 0 Å². The Labute approximate surface area is 132 Å². The van der Waals surface area contributed by atoms with Crippen LogP contribution in [0.25, 0.3) is 0 Å². The minimum Gasteiger partial charge on any atom is -0.465 e. The molecular weight excluding hydrogens is 314 g/mol. The molecule has 0 saturated carbocycles. The molecule has 0 unspecified atom stereocenters. The summed E-state index contributed by atoms with van der Waals surface area (Å²) in [5, 5.41) is 13.6. The number of nitro groups is 1. The maximum absolute atomic E-state index is 11.9. The highest BCUT2D eigenvalue weighted by Gasteiger charge is 2.17. The smallest absolute Gasteiger partial charge is 0.320 e. The van der Waals surface area contributed by atoms with Gasteiger partial charge in [-0.2, -0.15) is 0 Å². The molecular formula is C13H16ClN3O5. The molecule has 0 aliphatic carbocycles. The van der Waals surface area contributed by atoms with Crippen molar-refractivity contribution in [1.29, 1.82) is 0 Å². The first-order valence-electron chi connectivity index (χ1n) is 6.41. The van der Waals surface area contributed by atoms with Gasteiger partial charge in [-0.15, -0.1) is 0 Å². The van der Waals surface area contributed by atoms with E-state index in [0.717, 1.165) is 0 Å². The summed E-state index contributed by atoms with van der Waals surface area (Å²) in [4.78, 5) is 34.9. The number of benzene rings is 1. The fourth-order valence-corrected chi connectivity index (χ4v) is 1.86. The van der Waals surface area contributed by atoms with Crippen LogP contribution >= 0.6 is 11.6 Å². The van der Waals surface area contributed by atoms with Gasteiger partial charge in [0.25, 0.3) is 5.69 Å². The number of hydrogen-bond acceptors (Lipinski definition) is 6. The van der Waals surface area contributed by atoms with Gasteiger partial charge in [0, 0.05) is 11.1 Å². The van der Waals surface area contributed by atoms with Gasteiger partial charge in [-0.3, -0.25) is 24.6 Å². The van der Waals surface area contributed by atoms with Gasteiger partial charge in [0.05, 0.1) is 24.6 Å². The summed E-state index contributed by atoms with van der Waals surface area (Å²) in [7, 11) is 1.56. The molecule has 1 rings (SSSR count). The van der Waals surface area contributed by atoms with Crippen LogP contribution in [0, 0.1) is 10.1 Å². The van der Waals surface area contributed by atoms with E-state index in [9.17, 15) is 19.7 Å². The van der Waals surface area contributed by atoms with Crippen molar-refractivity contribution in [3.05, 3.63) is 33.3 Å². The Morgan fingerprint density at radius 2 is 2.09 bits per heavy atom. The number of ether oxygens (including phenoxy) is 1. The molecule has 0 saturated heterocycles. The van der Waals surface area contributed by atoms with Crippen LogP contribution in [0.4, 0.5) is 11.4 Å². The molecule has 0 atom stereocenters. The van der Waals surface area contributed by atoms with E-state index in [0.29, 0.717) is 0 Å². The molecule has 0 aliphatic heterocycles. The van der Waals surface area contributed by atoms with E-state index in [2.05, 4.69) is 5.32 Å². The zero-order valence-electron chi connectivity index (χ0n) is 12.2. The molecule has 0 aliphatic rings. The zero-order valence-corrected chi connectivity index (χ0v) is 12.9. The van der Waals surface area contributed by atoms with E-state index in [1.807, 2.05) is 0 Å². The molecule has 0 radical (unpaired) electrons. The number of amides is 1. The van der Waals surface area contributed by atoms with Crippen LogP contribution in [0.5, 0.6) is 0 Å². The monoisotopic (exact) mass is 329 g/mol. The molecule has 1 amide bonds. The maximum Gasteiger partial charge on any atom is 0.320 e. The Kier molecular flexibility index (Phi) is 6.74. The lowest BCUT2D eigenvalue weighted by Gasteiger charge is -2.15. The van der Waals surface area contributed by atoms with Crippen molar-refractivity contribution in [3.8, 4) is 0 Å². The average molecular weight is 330 g/mol. The molecule has 0 heterocycles. The number of likely N-dealkylation sites (N-methyl/N-ethyl adjacent to an activating group) is 1. The van der Waals surface area contributed by atoms with E-state index in [-0.39, 0.29) is 36.1 Å². The number of anilines is 1. The van der Waals surface area contributed by atoms with Gasteiger partial charge in [-0.1, -0.05) is 11.6 Å². The first kappa shape index (κ1) is 17.9. The second-order valence-electron chi connectivity index (χ2n) is 4.44. The van der Waals surface area contributed by atoms with Gasteiger partial charge in [-0.05, 0) is 26.1 Å². The van der Waals surface area contributed by atoms with Crippen LogP contribution in [-0.2, 0) is 14.3 Å². The topological polar surface area (TPSA) is 102 Å². The van der Waals surface area contributed by atoms with Gasteiger partial charge in [0.2, 0.25) is 5.91 Å². The van der Waals surface area contributed by atoms with Crippen LogP contribution < -0.4 is 5.32 Å². The van der Waals surface area contributed by atoms with E-state index >= 15 is 0 Å². The lowest BCUT2D eigenvalue weighted by Crippen LogP contribution is -2.34. The number of nitrogens with one attached hydrogen (secondary N) is 1. The summed E-state index contributed by atoms with van der Waals surface area (Å²) in [5.74, 6) is -0.955. The summed E-state index contributed by atoms with van der Waals surface area (Å²) in [6, 6.07) is 3.87. The molecule has 1 N–H and O–H groups in total. The highest BCUT2D eigenvalue weighted by molar-refractivity contribution is 6.31. The molecule has 1 aromatic rings. The van der Waals surface area contributed by atoms with E-state index in [4.69, 9.17) is 16.3 Å². The summed E-state index contributed by atoms with van der Waals surface area (Å²) in [5.41, 5.74) is -0.252. The molecule has 0 spiro atoms. The van der Waals surface area contributed by atoms with Crippen LogP contribution in [0.15, 0.2) is 18.2 Å². The van der Waals surface area contributed by atoms with Gasteiger partial charge in [-0.25, -0.2) is 0 Å². The summed E-state index contributed by atoms with van der Waals surface area (Å²) < 4.78 is 4.76. The number of rotatable bonds is 7. The summed E-state index contributed by atoms with van der Waals surface area (Å²) >= 11 is 5.77. The molecule has 9 heteroatoms. The number of nitro benzene ring substituents is 1. The van der Waals surface area contributed by atoms with Crippen molar-refractivity contribution in [2.45, 2.75) is 6.92 Å². The van der Waals surface area contributed by atoms with Crippen molar-refractivity contribution in [2.75, 3.05) is 32.1 Å². The minimum atomic E-state index is -0.617. The first-order valence-corrected chi connectivity index (χ1v) is 6.79. The Morgan fingerprint density at radius 3 is 2.68 bits per heavy atom. The van der Waals surface area contributed by atoms with Crippen molar-refractivity contribution < 1.29 is 19.2 Å². The summed E-state index contributed by atoms with van der Waals surface area (Å²) in [6.45, 7) is 1.76. The number of halogens is 1. The Morgan fingerprint density at radius 1 is 1.41 bits per heavy atom. The highest BCUT2D eigenvalue weighted by atomic mass is 35.5. The number of hydrogen-bond donors (Lipinski definition) is 1. The highest BCUT2D eigenvalue weighted by Crippen LogP contribution is 2.27. The normalized spacial score (nSPS) is 10.4. The van der Waals surface area contributed by atoms with Crippen molar-refractivity contribution >= 4 is 34.9 Å². The van der Waals surface area contributed by atoms with Crippen molar-refractivity contribution in [1.82, 2.24) is 4.90 Å². The third-order valence-electron chi connectivity index (χ3n) is 2.55. The van der Waals surface area contributed by atoms with Crippen LogP contribution in [0.3, 0.4) is 0 Å². The third-order valence-corrected chi connectivity index (χ3v) is 2.78. The van der Waals surface area contributed by atoms with Crippen LogP contribution in [0.1, 0.15) is 6.92 Å². The van der Waals surface area contributed by atoms with Crippen molar-refractivity contribution in [2.24, 2.45) is 0 Å². The molecule has 0 aromatic heterocycles. The molecule has 22 heavy (non-hydrogen) atoms. The van der Waals surface area contributed by atoms with Gasteiger partial charge in [0.1, 0.15) is 5.69 Å². The lowest BCUT2D eigenvalue weighted by atomic mass is 10.2. The molecule has 0 bridgehead atoms. The molecule has 0 fully saturated rings. The Bertz CT molecular complexity index is 579. The van der Waals surface area contributed by atoms with E-state index in [1.54, 1.807) is 14.0 Å². The summed E-state index contributed by atoms with van der Waals surface area (Å²) in [6.07, 6.45) is 0. The van der Waals surface area contributed by atoms with E-state index in [1.165, 1.54) is 23.1 Å². The van der Waals surface area contributed by atoms with Gasteiger partial charge in [0.15, 0.2) is 0 Å². The second kappa shape index (κ2) is 8.30. The standard InChI is InChI=1S/C13H16ClN3O5/c1-3-22-13(19)8-16(2)7-12(18)15-10-6-9(14)4-5-11(10)17(20)21/h4-6H,3,7-8H2,1-2H3,(H,15,18). The van der Waals surface area contributed by atoms with E-state index < -0.39 is 16.8 Å². The Balaban J connectivity index is 2.67. The second-order valence-corrected chi connectivity index (χ2v) is 4.88. The third kappa shape index (κ3) is 5.66. The Hall–Kier alpha value is -2.19. The number of carbonyl (C=O) groups excluding carboxylic acids is 2. The maximum atomic E-state index is 11.9. The van der Waals surface area contributed by atoms with Crippen LogP contribution in [-0.4, -0.2) is 48.4 Å². The zero-order chi connectivity index (χ0) is 16.7. The molecule has 120 valence electrons. The predicted molar refractivity (Wildman–Crippen MR) is 80.9 cm³/mol. The molecule has 1 aromatic carbocycles. The van der Waals surface area contributed by atoms with Crippen LogP contribution in [0.2, 0.25) is 5.02 Å². The lowest BCUT2D eigenvalue weighted by molar-refractivity contribution is -0.383. The average Bonchev–Trinajstić information content (AvgIpc) is 2.37. The first-order chi connectivity index (χ1) is 10.3. The predicted octanol–water partition coefficient (Wildman–Crippen LogP) is 1.68. The fraction of sp³-hybridized carbons (Fsp3) is 0.385. The number of nitrogens with zero attached hydrogens (tertiary/aromatic N) is 2. The molecule has 8 nitrogen and oxygen atoms in total. The van der Waals surface area contributed by atoms with Gasteiger partial charge < -0.3 is 10.1 Å². The number of esters is 1. The minimum absolute atomic E-state index is 0.00651. The largest absolute Gasteiger partial charge is 0.465 e. The fourth-order valence-electron chi connectivity index (χ4n) is 1.69.